The molecular formula is C36H38ClF3N8O3S. The molecule has 0 radical (unpaired) electrons. The van der Waals surface area contributed by atoms with Gasteiger partial charge in [0.15, 0.2) is 5.82 Å². The first-order chi connectivity index (χ1) is 24.8. The minimum Gasteiger partial charge on any atom is -0.444 e. The summed E-state index contributed by atoms with van der Waals surface area (Å²) in [4.78, 5) is 21.6. The molecule has 3 N–H and O–H groups in total. The summed E-state index contributed by atoms with van der Waals surface area (Å²) in [5.41, 5.74) is -0.903. The maximum Gasteiger partial charge on any atom is 0.412 e. The van der Waals surface area contributed by atoms with E-state index < -0.39 is 41.4 Å². The van der Waals surface area contributed by atoms with Gasteiger partial charge in [0.2, 0.25) is 6.35 Å². The average Bonchev–Trinajstić information content (AvgIpc) is 3.74. The van der Waals surface area contributed by atoms with Gasteiger partial charge in [-0.25, -0.2) is 23.0 Å². The third-order valence-corrected chi connectivity index (χ3v) is 11.3. The Morgan fingerprint density at radius 2 is 2.04 bits per heavy atom. The summed E-state index contributed by atoms with van der Waals surface area (Å²) in [6, 6.07) is 8.19. The molecule has 3 fully saturated rings. The molecule has 1 amide bonds. The van der Waals surface area contributed by atoms with E-state index >= 15 is 8.78 Å². The molecule has 5 heterocycles. The van der Waals surface area contributed by atoms with E-state index in [0.29, 0.717) is 44.0 Å². The van der Waals surface area contributed by atoms with Crippen molar-refractivity contribution in [3.8, 4) is 23.3 Å². The van der Waals surface area contributed by atoms with E-state index in [1.807, 2.05) is 11.0 Å². The largest absolute Gasteiger partial charge is 0.444 e. The molecule has 52 heavy (non-hydrogen) atoms. The molecule has 4 aliphatic rings. The Hall–Kier alpha value is -4.12. The normalized spacial score (nSPS) is 24.4. The fraction of sp³-hybridized carbons (Fsp3) is 0.500. The number of piperazine rings is 1. The Labute approximate surface area is 308 Å². The van der Waals surface area contributed by atoms with Crippen molar-refractivity contribution in [1.82, 2.24) is 15.1 Å². The van der Waals surface area contributed by atoms with Crippen LogP contribution in [0.1, 0.15) is 57.6 Å². The summed E-state index contributed by atoms with van der Waals surface area (Å²) in [7, 11) is 0. The van der Waals surface area contributed by atoms with E-state index in [1.54, 1.807) is 26.8 Å². The van der Waals surface area contributed by atoms with E-state index in [-0.39, 0.29) is 61.6 Å². The first-order valence-corrected chi connectivity index (χ1v) is 18.4. The number of amides is 1. The van der Waals surface area contributed by atoms with Crippen LogP contribution in [-0.2, 0) is 9.47 Å². The number of ether oxygens (including phenoxy) is 2. The molecule has 2 aromatic carbocycles. The van der Waals surface area contributed by atoms with Gasteiger partial charge in [0.25, 0.3) is 0 Å². The van der Waals surface area contributed by atoms with Crippen LogP contribution in [0.15, 0.2) is 23.2 Å². The van der Waals surface area contributed by atoms with Gasteiger partial charge in [-0.1, -0.05) is 17.7 Å². The standard InChI is InChI=1S/C36H38ClF3N8O3S/c1-35(2,3)51-34(49)46-32-23(15-42)26-21(5-6-25(39)30(26)52-32)27-24(37)13-22-29(28(27)40)44-33(45-31(22)47-12-10-43-20(17-47)7-9-41)50-18-36-8-4-11-48(36)16-19(38)14-36/h5-6,13,19-20,33,43-44H,4,7-8,10-12,14,16-18H2,1-3H3,(H,46,49)/t19-,20+,33?,36+/m1/s1. The van der Waals surface area contributed by atoms with Crippen molar-refractivity contribution < 1.29 is 27.4 Å². The lowest BCUT2D eigenvalue weighted by atomic mass is 9.94. The number of amidine groups is 1. The highest BCUT2D eigenvalue weighted by molar-refractivity contribution is 7.23. The number of nitrogens with one attached hydrogen (secondary N) is 3. The van der Waals surface area contributed by atoms with Crippen molar-refractivity contribution in [3.05, 3.63) is 46.0 Å². The first-order valence-electron chi connectivity index (χ1n) is 17.2. The summed E-state index contributed by atoms with van der Waals surface area (Å²) in [5, 5.41) is 28.7. The Balaban J connectivity index is 1.30. The van der Waals surface area contributed by atoms with Crippen LogP contribution in [-0.4, -0.2) is 90.8 Å². The SMILES string of the molecule is CC(C)(C)OC(=O)Nc1sc2c(F)ccc(-c3c(Cl)cc4c(c3F)NC(OC[C@@]35CCCN3C[C@H](F)C5)N=C4N3CCN[C@@H](CC#N)C3)c2c1C#N. The lowest BCUT2D eigenvalue weighted by Gasteiger charge is -2.39. The number of anilines is 2. The van der Waals surface area contributed by atoms with Gasteiger partial charge in [0.1, 0.15) is 34.5 Å². The molecule has 274 valence electrons. The topological polar surface area (TPSA) is 138 Å². The van der Waals surface area contributed by atoms with Crippen LogP contribution in [0.2, 0.25) is 5.02 Å². The number of hydrogen-bond acceptors (Lipinski definition) is 11. The molecular weight excluding hydrogens is 717 g/mol. The predicted octanol–water partition coefficient (Wildman–Crippen LogP) is 6.95. The molecule has 11 nitrogen and oxygen atoms in total. The highest BCUT2D eigenvalue weighted by atomic mass is 35.5. The molecule has 1 aromatic heterocycles. The summed E-state index contributed by atoms with van der Waals surface area (Å²) < 4.78 is 58.9. The molecule has 0 spiro atoms. The number of alkyl halides is 1. The zero-order valence-corrected chi connectivity index (χ0v) is 30.5. The second-order valence-electron chi connectivity index (χ2n) is 14.6. The molecule has 0 bridgehead atoms. The second-order valence-corrected chi connectivity index (χ2v) is 16.0. The minimum atomic E-state index is -1.04. The zero-order chi connectivity index (χ0) is 36.9. The first kappa shape index (κ1) is 36.2. The summed E-state index contributed by atoms with van der Waals surface area (Å²) in [6.45, 7) is 7.88. The molecule has 4 aliphatic heterocycles. The molecule has 16 heteroatoms. The Morgan fingerprint density at radius 3 is 2.79 bits per heavy atom. The maximum absolute atomic E-state index is 17.2. The third kappa shape index (κ3) is 6.76. The zero-order valence-electron chi connectivity index (χ0n) is 28.9. The van der Waals surface area contributed by atoms with Gasteiger partial charge in [-0.3, -0.25) is 10.2 Å². The number of nitriles is 2. The monoisotopic (exact) mass is 754 g/mol. The van der Waals surface area contributed by atoms with Crippen LogP contribution in [0.5, 0.6) is 0 Å². The van der Waals surface area contributed by atoms with Crippen molar-refractivity contribution in [2.45, 2.75) is 76.2 Å². The molecule has 7 rings (SSSR count). The molecule has 3 saturated heterocycles. The van der Waals surface area contributed by atoms with Crippen molar-refractivity contribution >= 4 is 55.6 Å². The van der Waals surface area contributed by atoms with Gasteiger partial charge in [0, 0.05) is 60.7 Å². The van der Waals surface area contributed by atoms with Crippen LogP contribution >= 0.6 is 22.9 Å². The van der Waals surface area contributed by atoms with Crippen molar-refractivity contribution in [3.63, 3.8) is 0 Å². The number of benzene rings is 2. The predicted molar refractivity (Wildman–Crippen MR) is 193 cm³/mol. The van der Waals surface area contributed by atoms with Crippen LogP contribution in [0.3, 0.4) is 0 Å². The quantitative estimate of drug-likeness (QED) is 0.244. The molecule has 3 aromatic rings. The van der Waals surface area contributed by atoms with Crippen molar-refractivity contribution in [1.29, 1.82) is 10.5 Å². The summed E-state index contributed by atoms with van der Waals surface area (Å²) in [5.74, 6) is -1.02. The van der Waals surface area contributed by atoms with E-state index in [2.05, 4.69) is 26.9 Å². The number of thiophene rings is 1. The summed E-state index contributed by atoms with van der Waals surface area (Å²) >= 11 is 7.74. The van der Waals surface area contributed by atoms with Crippen molar-refractivity contribution in [2.75, 3.05) is 50.0 Å². The number of fused-ring (bicyclic) bond motifs is 3. The number of carbonyl (C=O) groups is 1. The molecule has 1 unspecified atom stereocenters. The number of hydrogen-bond donors (Lipinski definition) is 3. The summed E-state index contributed by atoms with van der Waals surface area (Å²) in [6.07, 6.45) is -0.506. The van der Waals surface area contributed by atoms with Gasteiger partial charge >= 0.3 is 6.09 Å². The fourth-order valence-corrected chi connectivity index (χ4v) is 9.13. The average molecular weight is 755 g/mol. The lowest BCUT2D eigenvalue weighted by Crippen LogP contribution is -2.54. The molecule has 0 saturated carbocycles. The van der Waals surface area contributed by atoms with Crippen molar-refractivity contribution in [2.24, 2.45) is 4.99 Å². The van der Waals surface area contributed by atoms with E-state index in [1.165, 1.54) is 6.07 Å². The minimum absolute atomic E-state index is 0.0149. The molecule has 4 atom stereocenters. The number of halogens is 4. The number of rotatable bonds is 6. The van der Waals surface area contributed by atoms with E-state index in [9.17, 15) is 19.7 Å². The number of nitrogens with zero attached hydrogens (tertiary/aromatic N) is 5. The van der Waals surface area contributed by atoms with Gasteiger partial charge in [-0.05, 0) is 57.9 Å². The highest BCUT2D eigenvalue weighted by Gasteiger charge is 2.49. The van der Waals surface area contributed by atoms with E-state index in [0.717, 1.165) is 36.8 Å². The smallest absolute Gasteiger partial charge is 0.412 e. The van der Waals surface area contributed by atoms with Crippen LogP contribution in [0.4, 0.5) is 28.7 Å². The van der Waals surface area contributed by atoms with Crippen LogP contribution < -0.4 is 16.0 Å². The lowest BCUT2D eigenvalue weighted by molar-refractivity contribution is 0.00156. The maximum atomic E-state index is 17.2. The van der Waals surface area contributed by atoms with Gasteiger partial charge in [0.05, 0.1) is 40.1 Å². The van der Waals surface area contributed by atoms with Crippen LogP contribution in [0, 0.1) is 34.3 Å². The Morgan fingerprint density at radius 1 is 1.23 bits per heavy atom. The Kier molecular flexibility index (Phi) is 9.78. The molecule has 0 aliphatic carbocycles. The number of carbonyl (C=O) groups excluding carboxylic acids is 1. The van der Waals surface area contributed by atoms with Gasteiger partial charge in [-0.15, -0.1) is 11.3 Å². The third-order valence-electron chi connectivity index (χ3n) is 9.92. The van der Waals surface area contributed by atoms with E-state index in [4.69, 9.17) is 26.1 Å². The van der Waals surface area contributed by atoms with Crippen LogP contribution in [0.25, 0.3) is 21.2 Å². The van der Waals surface area contributed by atoms with Gasteiger partial charge < -0.3 is 25.0 Å². The fourth-order valence-electron chi connectivity index (χ4n) is 7.77. The Bertz CT molecular complexity index is 2040. The highest BCUT2D eigenvalue weighted by Crippen LogP contribution is 2.47. The number of aliphatic imine (C=N–C) groups is 1. The second kappa shape index (κ2) is 14.0. The van der Waals surface area contributed by atoms with Gasteiger partial charge in [-0.2, -0.15) is 10.5 Å².